The summed E-state index contributed by atoms with van der Waals surface area (Å²) in [4.78, 5) is 34.6. The summed E-state index contributed by atoms with van der Waals surface area (Å²) < 4.78 is 1.85. The Morgan fingerprint density at radius 2 is 1.89 bits per heavy atom. The molecule has 3 atom stereocenters. The molecule has 0 aromatic carbocycles. The molecule has 0 unspecified atom stereocenters. The van der Waals surface area contributed by atoms with Gasteiger partial charge in [0.05, 0.1) is 12.2 Å². The van der Waals surface area contributed by atoms with Crippen molar-refractivity contribution in [3.8, 4) is 0 Å². The predicted molar refractivity (Wildman–Crippen MR) is 109 cm³/mol. The molecule has 2 fully saturated rings. The van der Waals surface area contributed by atoms with Crippen LogP contribution in [-0.4, -0.2) is 58.0 Å². The second kappa shape index (κ2) is 8.36. The third kappa shape index (κ3) is 4.32. The van der Waals surface area contributed by atoms with E-state index in [1.54, 1.807) is 6.07 Å². The fourth-order valence-electron chi connectivity index (χ4n) is 5.38. The van der Waals surface area contributed by atoms with Gasteiger partial charge in [-0.3, -0.25) is 19.1 Å². The molecule has 1 aromatic rings. The first-order chi connectivity index (χ1) is 13.5. The van der Waals surface area contributed by atoms with Crippen molar-refractivity contribution in [2.45, 2.75) is 64.8 Å². The van der Waals surface area contributed by atoms with Crippen molar-refractivity contribution < 1.29 is 4.79 Å². The molecule has 154 valence electrons. The van der Waals surface area contributed by atoms with E-state index in [0.717, 1.165) is 69.8 Å². The molecular weight excluding hydrogens is 352 g/mol. The summed E-state index contributed by atoms with van der Waals surface area (Å²) in [6.07, 6.45) is 6.40. The fourth-order valence-corrected chi connectivity index (χ4v) is 5.38. The first-order valence-corrected chi connectivity index (χ1v) is 11.1. The molecule has 1 aromatic heterocycles. The number of aromatic nitrogens is 2. The molecule has 0 saturated carbocycles. The van der Waals surface area contributed by atoms with Crippen molar-refractivity contribution in [3.63, 3.8) is 0 Å². The van der Waals surface area contributed by atoms with Crippen molar-refractivity contribution in [3.05, 3.63) is 27.9 Å². The van der Waals surface area contributed by atoms with E-state index in [0.29, 0.717) is 24.9 Å². The summed E-state index contributed by atoms with van der Waals surface area (Å²) >= 11 is 0. The minimum absolute atomic E-state index is 0.0861. The van der Waals surface area contributed by atoms with E-state index in [4.69, 9.17) is 4.98 Å². The van der Waals surface area contributed by atoms with Crippen LogP contribution >= 0.6 is 0 Å². The maximum Gasteiger partial charge on any atom is 0.253 e. The van der Waals surface area contributed by atoms with Crippen LogP contribution in [0.3, 0.4) is 0 Å². The van der Waals surface area contributed by atoms with Gasteiger partial charge in [-0.25, -0.2) is 4.98 Å². The maximum absolute atomic E-state index is 12.8. The molecule has 0 bridgehead atoms. The van der Waals surface area contributed by atoms with Gasteiger partial charge >= 0.3 is 0 Å². The zero-order valence-electron chi connectivity index (χ0n) is 17.4. The Hall–Kier alpha value is -1.69. The van der Waals surface area contributed by atoms with Gasteiger partial charge in [0.2, 0.25) is 5.91 Å². The van der Waals surface area contributed by atoms with E-state index in [9.17, 15) is 9.59 Å². The van der Waals surface area contributed by atoms with E-state index in [1.807, 2.05) is 9.47 Å². The van der Waals surface area contributed by atoms with Gasteiger partial charge in [-0.1, -0.05) is 20.3 Å². The monoisotopic (exact) mass is 386 g/mol. The fraction of sp³-hybridized carbons (Fsp3) is 0.773. The molecule has 0 N–H and O–H groups in total. The van der Waals surface area contributed by atoms with E-state index in [-0.39, 0.29) is 17.4 Å². The first-order valence-electron chi connectivity index (χ1n) is 11.1. The highest BCUT2D eigenvalue weighted by Gasteiger charge is 2.31. The van der Waals surface area contributed by atoms with Gasteiger partial charge in [-0.05, 0) is 37.5 Å². The lowest BCUT2D eigenvalue weighted by atomic mass is 9.92. The van der Waals surface area contributed by atoms with Crippen LogP contribution in [0, 0.1) is 11.8 Å². The number of amides is 1. The maximum atomic E-state index is 12.8. The van der Waals surface area contributed by atoms with Crippen LogP contribution in [0.2, 0.25) is 0 Å². The number of aryl methyl sites for hydroxylation is 1. The van der Waals surface area contributed by atoms with Crippen molar-refractivity contribution in [2.24, 2.45) is 11.8 Å². The number of carbonyl (C=O) groups is 1. The van der Waals surface area contributed by atoms with E-state index in [2.05, 4.69) is 18.7 Å². The average molecular weight is 387 g/mol. The summed E-state index contributed by atoms with van der Waals surface area (Å²) in [5, 5.41) is 0. The number of likely N-dealkylation sites (tertiary alicyclic amines) is 2. The largest absolute Gasteiger partial charge is 0.341 e. The summed E-state index contributed by atoms with van der Waals surface area (Å²) in [7, 11) is 0. The van der Waals surface area contributed by atoms with Crippen molar-refractivity contribution >= 4 is 5.91 Å². The lowest BCUT2D eigenvalue weighted by Crippen LogP contribution is -2.45. The van der Waals surface area contributed by atoms with Gasteiger partial charge in [0.1, 0.15) is 5.82 Å². The van der Waals surface area contributed by atoms with Gasteiger partial charge < -0.3 is 4.90 Å². The normalized spacial score (nSPS) is 28.8. The van der Waals surface area contributed by atoms with Crippen LogP contribution < -0.4 is 5.56 Å². The Morgan fingerprint density at radius 1 is 1.11 bits per heavy atom. The average Bonchev–Trinajstić information content (AvgIpc) is 3.00. The molecule has 4 rings (SSSR count). The number of carbonyl (C=O) groups excluding carboxylic acids is 1. The highest BCUT2D eigenvalue weighted by Crippen LogP contribution is 2.27. The molecule has 0 radical (unpaired) electrons. The Kier molecular flexibility index (Phi) is 5.85. The van der Waals surface area contributed by atoms with E-state index >= 15 is 0 Å². The molecule has 6 heteroatoms. The molecule has 0 spiro atoms. The number of hydrogen-bond acceptors (Lipinski definition) is 4. The molecule has 3 aliphatic heterocycles. The quantitative estimate of drug-likeness (QED) is 0.800. The lowest BCUT2D eigenvalue weighted by molar-refractivity contribution is -0.132. The topological polar surface area (TPSA) is 58.4 Å². The highest BCUT2D eigenvalue weighted by atomic mass is 16.2. The lowest BCUT2D eigenvalue weighted by Gasteiger charge is -2.35. The number of rotatable bonds is 3. The number of nitrogens with zero attached hydrogens (tertiary/aromatic N) is 4. The van der Waals surface area contributed by atoms with Crippen LogP contribution in [0.15, 0.2) is 10.9 Å². The number of hydrogen-bond donors (Lipinski definition) is 0. The second-order valence-electron chi connectivity index (χ2n) is 9.36. The van der Waals surface area contributed by atoms with Crippen LogP contribution in [0.4, 0.5) is 0 Å². The Morgan fingerprint density at radius 3 is 2.68 bits per heavy atom. The van der Waals surface area contributed by atoms with Crippen LogP contribution in [0.5, 0.6) is 0 Å². The molecule has 6 nitrogen and oxygen atoms in total. The molecule has 28 heavy (non-hydrogen) atoms. The third-order valence-electron chi connectivity index (χ3n) is 6.65. The number of piperidine rings is 1. The van der Waals surface area contributed by atoms with Crippen LogP contribution in [-0.2, 0) is 17.8 Å². The van der Waals surface area contributed by atoms with Crippen molar-refractivity contribution in [1.29, 1.82) is 0 Å². The third-order valence-corrected chi connectivity index (χ3v) is 6.65. The van der Waals surface area contributed by atoms with Gasteiger partial charge in [0.15, 0.2) is 0 Å². The van der Waals surface area contributed by atoms with Gasteiger partial charge in [-0.2, -0.15) is 0 Å². The summed E-state index contributed by atoms with van der Waals surface area (Å²) in [5.74, 6) is 2.71. The Bertz CT molecular complexity index is 764. The smallest absolute Gasteiger partial charge is 0.253 e. The van der Waals surface area contributed by atoms with E-state index in [1.165, 1.54) is 6.42 Å². The summed E-state index contributed by atoms with van der Waals surface area (Å²) in [6.45, 7) is 9.41. The molecule has 0 aliphatic carbocycles. The molecular formula is C22H34N4O2. The molecule has 1 amide bonds. The zero-order chi connectivity index (χ0) is 19.7. The van der Waals surface area contributed by atoms with Crippen molar-refractivity contribution in [2.75, 3.05) is 32.7 Å². The standard InChI is InChI=1S/C22H34N4O2/c1-16-10-17(2)13-24(12-16)15-22(28)25-9-7-18(14-25)19-11-21(27)26-8-5-3-4-6-20(26)23-19/h11,16-18H,3-10,12-15H2,1-2H3/t16-,17+,18-/m0/s1. The van der Waals surface area contributed by atoms with Gasteiger partial charge in [0, 0.05) is 51.1 Å². The van der Waals surface area contributed by atoms with Crippen LogP contribution in [0.25, 0.3) is 0 Å². The number of fused-ring (bicyclic) bond motifs is 1. The minimum Gasteiger partial charge on any atom is -0.341 e. The summed E-state index contributed by atoms with van der Waals surface area (Å²) in [6, 6.07) is 1.72. The molecule has 3 aliphatic rings. The predicted octanol–water partition coefficient (Wildman–Crippen LogP) is 2.26. The first kappa shape index (κ1) is 19.6. The highest BCUT2D eigenvalue weighted by molar-refractivity contribution is 5.78. The minimum atomic E-state index is 0.0861. The molecule has 2 saturated heterocycles. The molecule has 4 heterocycles. The SMILES string of the molecule is C[C@@H]1C[C@H](C)CN(CC(=O)N2CC[C@H](c3cc(=O)n4c(n3)CCCCC4)C2)C1. The van der Waals surface area contributed by atoms with Crippen molar-refractivity contribution in [1.82, 2.24) is 19.4 Å². The van der Waals surface area contributed by atoms with E-state index < -0.39 is 0 Å². The Labute approximate surface area is 167 Å². The zero-order valence-corrected chi connectivity index (χ0v) is 17.4. The summed E-state index contributed by atoms with van der Waals surface area (Å²) in [5.41, 5.74) is 0.983. The Balaban J connectivity index is 1.40. The second-order valence-corrected chi connectivity index (χ2v) is 9.36. The van der Waals surface area contributed by atoms with Gasteiger partial charge in [0.25, 0.3) is 5.56 Å². The van der Waals surface area contributed by atoms with Crippen LogP contribution in [0.1, 0.15) is 63.4 Å². The van der Waals surface area contributed by atoms with Gasteiger partial charge in [-0.15, -0.1) is 0 Å².